The fourth-order valence-electron chi connectivity index (χ4n) is 2.65. The number of aryl methyl sites for hydroxylation is 1. The van der Waals surface area contributed by atoms with Crippen LogP contribution in [0.4, 0.5) is 5.69 Å². The van der Waals surface area contributed by atoms with Crippen molar-refractivity contribution in [3.63, 3.8) is 0 Å². The molecular weight excluding hydrogens is 445 g/mol. The lowest BCUT2D eigenvalue weighted by Crippen LogP contribution is -2.01. The van der Waals surface area contributed by atoms with E-state index in [0.29, 0.717) is 28.9 Å². The van der Waals surface area contributed by atoms with Crippen LogP contribution < -0.4 is 10.1 Å². The van der Waals surface area contributed by atoms with Crippen LogP contribution in [0, 0.1) is 0 Å². The Balaban J connectivity index is 1.63. The van der Waals surface area contributed by atoms with Crippen LogP contribution in [-0.2, 0) is 19.6 Å². The Kier molecular flexibility index (Phi) is 7.06. The third-order valence-corrected chi connectivity index (χ3v) is 5.30. The quantitative estimate of drug-likeness (QED) is 0.390. The molecule has 0 atom stereocenters. The van der Waals surface area contributed by atoms with Gasteiger partial charge < -0.3 is 10.1 Å². The van der Waals surface area contributed by atoms with Crippen molar-refractivity contribution in [1.82, 2.24) is 0 Å². The minimum absolute atomic E-state index is 0.411. The first-order chi connectivity index (χ1) is 13.0. The molecular formula is C22H20BrCl2NO. The Hall–Kier alpha value is -1.68. The minimum atomic E-state index is 0.411. The summed E-state index contributed by atoms with van der Waals surface area (Å²) in [4.78, 5) is 0. The number of ether oxygens (including phenoxy) is 1. The second kappa shape index (κ2) is 9.50. The third-order valence-electron chi connectivity index (χ3n) is 4.21. The molecule has 140 valence electrons. The Morgan fingerprint density at radius 1 is 0.852 bits per heavy atom. The zero-order valence-electron chi connectivity index (χ0n) is 14.9. The van der Waals surface area contributed by atoms with Crippen molar-refractivity contribution in [3.05, 3.63) is 91.9 Å². The molecule has 0 bridgehead atoms. The molecule has 0 aliphatic carbocycles. The van der Waals surface area contributed by atoms with Crippen molar-refractivity contribution in [2.24, 2.45) is 0 Å². The average molecular weight is 465 g/mol. The van der Waals surface area contributed by atoms with E-state index in [9.17, 15) is 0 Å². The molecule has 0 radical (unpaired) electrons. The molecule has 3 rings (SSSR count). The largest absolute Gasteiger partial charge is 0.486 e. The second-order valence-corrected chi connectivity index (χ2v) is 7.94. The van der Waals surface area contributed by atoms with Crippen LogP contribution in [0.25, 0.3) is 0 Å². The van der Waals surface area contributed by atoms with Crippen molar-refractivity contribution in [2.75, 3.05) is 5.32 Å². The predicted octanol–water partition coefficient (Wildman–Crippen LogP) is 7.51. The summed E-state index contributed by atoms with van der Waals surface area (Å²) in [5.74, 6) is 0.511. The zero-order valence-corrected chi connectivity index (χ0v) is 18.0. The van der Waals surface area contributed by atoms with Crippen molar-refractivity contribution >= 4 is 44.8 Å². The molecule has 0 aromatic heterocycles. The highest BCUT2D eigenvalue weighted by molar-refractivity contribution is 9.10. The number of hydrogen-bond donors (Lipinski definition) is 1. The maximum absolute atomic E-state index is 6.40. The molecule has 0 spiro atoms. The van der Waals surface area contributed by atoms with Crippen LogP contribution >= 0.6 is 39.1 Å². The molecule has 0 aliphatic heterocycles. The van der Waals surface area contributed by atoms with E-state index in [1.165, 1.54) is 5.56 Å². The molecule has 5 heteroatoms. The van der Waals surface area contributed by atoms with Crippen molar-refractivity contribution in [1.29, 1.82) is 0 Å². The first kappa shape index (κ1) is 20.1. The topological polar surface area (TPSA) is 21.3 Å². The van der Waals surface area contributed by atoms with Gasteiger partial charge in [-0.3, -0.25) is 0 Å². The average Bonchev–Trinajstić information content (AvgIpc) is 2.67. The van der Waals surface area contributed by atoms with Crippen LogP contribution in [-0.4, -0.2) is 0 Å². The van der Waals surface area contributed by atoms with Crippen LogP contribution in [0.5, 0.6) is 5.75 Å². The number of nitrogens with one attached hydrogen (secondary N) is 1. The first-order valence-corrected chi connectivity index (χ1v) is 10.3. The van der Waals surface area contributed by atoms with E-state index in [4.69, 9.17) is 27.9 Å². The van der Waals surface area contributed by atoms with Gasteiger partial charge in [0.2, 0.25) is 0 Å². The van der Waals surface area contributed by atoms with Crippen LogP contribution in [0.2, 0.25) is 10.0 Å². The third kappa shape index (κ3) is 5.65. The van der Waals surface area contributed by atoms with Crippen LogP contribution in [0.1, 0.15) is 23.6 Å². The molecule has 0 saturated carbocycles. The summed E-state index contributed by atoms with van der Waals surface area (Å²) in [7, 11) is 0. The molecule has 3 aromatic rings. The van der Waals surface area contributed by atoms with E-state index >= 15 is 0 Å². The zero-order chi connectivity index (χ0) is 19.2. The van der Waals surface area contributed by atoms with Gasteiger partial charge in [0.15, 0.2) is 5.75 Å². The number of rotatable bonds is 7. The van der Waals surface area contributed by atoms with Gasteiger partial charge in [0.25, 0.3) is 0 Å². The highest BCUT2D eigenvalue weighted by Crippen LogP contribution is 2.35. The molecule has 27 heavy (non-hydrogen) atoms. The lowest BCUT2D eigenvalue weighted by molar-refractivity contribution is 0.306. The van der Waals surface area contributed by atoms with Gasteiger partial charge in [-0.25, -0.2) is 0 Å². The summed E-state index contributed by atoms with van der Waals surface area (Å²) >= 11 is 16.2. The molecule has 0 amide bonds. The molecule has 0 heterocycles. The molecule has 0 aliphatic rings. The summed E-state index contributed by atoms with van der Waals surface area (Å²) < 4.78 is 6.87. The SMILES string of the molecule is CCc1ccc(NCc2cc(Cl)c(OCc3ccc(Br)cc3)c(Cl)c2)cc1. The fourth-order valence-corrected chi connectivity index (χ4v) is 3.56. The van der Waals surface area contributed by atoms with Gasteiger partial charge in [-0.1, -0.05) is 70.3 Å². The molecule has 3 aromatic carbocycles. The summed E-state index contributed by atoms with van der Waals surface area (Å²) in [5, 5.41) is 4.41. The molecule has 0 unspecified atom stereocenters. The van der Waals surface area contributed by atoms with E-state index < -0.39 is 0 Å². The van der Waals surface area contributed by atoms with Gasteiger partial charge in [-0.15, -0.1) is 0 Å². The summed E-state index contributed by atoms with van der Waals surface area (Å²) in [5.41, 5.74) is 4.43. The summed E-state index contributed by atoms with van der Waals surface area (Å²) in [6, 6.07) is 20.1. The molecule has 2 nitrogen and oxygen atoms in total. The Bertz CT molecular complexity index is 872. The Morgan fingerprint density at radius 2 is 1.44 bits per heavy atom. The van der Waals surface area contributed by atoms with E-state index in [-0.39, 0.29) is 0 Å². The lowest BCUT2D eigenvalue weighted by atomic mass is 10.1. The number of halogens is 3. The smallest absolute Gasteiger partial charge is 0.156 e. The van der Waals surface area contributed by atoms with Gasteiger partial charge in [0.05, 0.1) is 10.0 Å². The monoisotopic (exact) mass is 463 g/mol. The van der Waals surface area contributed by atoms with Crippen LogP contribution in [0.3, 0.4) is 0 Å². The maximum atomic E-state index is 6.40. The fraction of sp³-hybridized carbons (Fsp3) is 0.182. The standard InChI is InChI=1S/C22H20BrCl2NO/c1-2-15-5-9-19(10-6-15)26-13-17-11-20(24)22(21(25)12-17)27-14-16-3-7-18(23)8-4-16/h3-12,26H,2,13-14H2,1H3. The minimum Gasteiger partial charge on any atom is -0.486 e. The van der Waals surface area contributed by atoms with E-state index in [2.05, 4.69) is 52.4 Å². The van der Waals surface area contributed by atoms with Gasteiger partial charge in [0, 0.05) is 16.7 Å². The highest BCUT2D eigenvalue weighted by atomic mass is 79.9. The summed E-state index contributed by atoms with van der Waals surface area (Å²) in [6.45, 7) is 3.19. The molecule has 0 fully saturated rings. The van der Waals surface area contributed by atoms with Gasteiger partial charge in [0.1, 0.15) is 6.61 Å². The maximum Gasteiger partial charge on any atom is 0.156 e. The Morgan fingerprint density at radius 3 is 2.04 bits per heavy atom. The van der Waals surface area contributed by atoms with Gasteiger partial charge >= 0.3 is 0 Å². The normalized spacial score (nSPS) is 10.7. The molecule has 1 N–H and O–H groups in total. The van der Waals surface area contributed by atoms with Crippen LogP contribution in [0.15, 0.2) is 65.1 Å². The lowest BCUT2D eigenvalue weighted by Gasteiger charge is -2.13. The summed E-state index contributed by atoms with van der Waals surface area (Å²) in [6.07, 6.45) is 1.03. The van der Waals surface area contributed by atoms with E-state index in [1.807, 2.05) is 36.4 Å². The van der Waals surface area contributed by atoms with Crippen molar-refractivity contribution in [3.8, 4) is 5.75 Å². The predicted molar refractivity (Wildman–Crippen MR) is 118 cm³/mol. The number of hydrogen-bond acceptors (Lipinski definition) is 2. The second-order valence-electron chi connectivity index (χ2n) is 6.21. The van der Waals surface area contributed by atoms with E-state index in [1.54, 1.807) is 0 Å². The number of anilines is 1. The molecule has 0 saturated heterocycles. The Labute approximate surface area is 178 Å². The first-order valence-electron chi connectivity index (χ1n) is 8.73. The highest BCUT2D eigenvalue weighted by Gasteiger charge is 2.10. The van der Waals surface area contributed by atoms with Gasteiger partial charge in [-0.2, -0.15) is 0 Å². The van der Waals surface area contributed by atoms with E-state index in [0.717, 1.165) is 27.7 Å². The number of benzene rings is 3. The van der Waals surface area contributed by atoms with Crippen molar-refractivity contribution in [2.45, 2.75) is 26.5 Å². The van der Waals surface area contributed by atoms with Crippen molar-refractivity contribution < 1.29 is 4.74 Å². The van der Waals surface area contributed by atoms with Gasteiger partial charge in [-0.05, 0) is 59.5 Å².